The van der Waals surface area contributed by atoms with Crippen molar-refractivity contribution in [2.24, 2.45) is 0 Å². The standard InChI is InChI=1S/C22H20N2O3/c25-21(23-14-16-7-2-1-3-8-16)19-13-17-9-4-5-10-18(17)15-24(19)22(26)20-11-6-12-27-20/h1-12,19H,13-15H2,(H,23,25)/t19-/m1/s1. The fraction of sp³-hybridized carbons (Fsp3) is 0.182. The largest absolute Gasteiger partial charge is 0.459 e. The van der Waals surface area contributed by atoms with E-state index in [1.165, 1.54) is 6.26 Å². The van der Waals surface area contributed by atoms with E-state index in [0.717, 1.165) is 16.7 Å². The van der Waals surface area contributed by atoms with Crippen LogP contribution in [0.5, 0.6) is 0 Å². The smallest absolute Gasteiger partial charge is 0.290 e. The predicted octanol–water partition coefficient (Wildman–Crippen LogP) is 3.16. The molecule has 0 saturated heterocycles. The van der Waals surface area contributed by atoms with E-state index in [2.05, 4.69) is 5.32 Å². The number of nitrogens with one attached hydrogen (secondary N) is 1. The molecule has 0 spiro atoms. The summed E-state index contributed by atoms with van der Waals surface area (Å²) in [4.78, 5) is 27.4. The van der Waals surface area contributed by atoms with Gasteiger partial charge >= 0.3 is 0 Å². The summed E-state index contributed by atoms with van der Waals surface area (Å²) in [5.74, 6) is -0.183. The summed E-state index contributed by atoms with van der Waals surface area (Å²) in [6.07, 6.45) is 1.96. The fourth-order valence-corrected chi connectivity index (χ4v) is 3.42. The average Bonchev–Trinajstić information content (AvgIpc) is 3.26. The minimum atomic E-state index is -0.568. The molecule has 1 aliphatic heterocycles. The second-order valence-corrected chi connectivity index (χ2v) is 6.60. The van der Waals surface area contributed by atoms with Crippen LogP contribution < -0.4 is 5.32 Å². The number of amides is 2. The average molecular weight is 360 g/mol. The van der Waals surface area contributed by atoms with Gasteiger partial charge in [-0.15, -0.1) is 0 Å². The van der Waals surface area contributed by atoms with Gasteiger partial charge in [0.05, 0.1) is 6.26 Å². The molecule has 4 rings (SSSR count). The SMILES string of the molecule is O=C(NCc1ccccc1)[C@H]1Cc2ccccc2CN1C(=O)c1ccco1. The highest BCUT2D eigenvalue weighted by Crippen LogP contribution is 2.25. The van der Waals surface area contributed by atoms with Crippen molar-refractivity contribution in [3.05, 3.63) is 95.4 Å². The monoisotopic (exact) mass is 360 g/mol. The van der Waals surface area contributed by atoms with Gasteiger partial charge in [0.15, 0.2) is 5.76 Å². The first-order valence-electron chi connectivity index (χ1n) is 8.95. The molecule has 136 valence electrons. The number of furan rings is 1. The Hall–Kier alpha value is -3.34. The van der Waals surface area contributed by atoms with Gasteiger partial charge in [0.1, 0.15) is 6.04 Å². The van der Waals surface area contributed by atoms with Gasteiger partial charge in [-0.3, -0.25) is 9.59 Å². The predicted molar refractivity (Wildman–Crippen MR) is 101 cm³/mol. The Morgan fingerprint density at radius 1 is 0.963 bits per heavy atom. The molecule has 1 atom stereocenters. The van der Waals surface area contributed by atoms with Crippen LogP contribution in [-0.4, -0.2) is 22.8 Å². The van der Waals surface area contributed by atoms with E-state index in [9.17, 15) is 9.59 Å². The number of benzene rings is 2. The third-order valence-electron chi connectivity index (χ3n) is 4.85. The summed E-state index contributed by atoms with van der Waals surface area (Å²) in [6, 6.07) is 20.4. The van der Waals surface area contributed by atoms with Gasteiger partial charge in [-0.25, -0.2) is 0 Å². The van der Waals surface area contributed by atoms with Gasteiger partial charge in [0.25, 0.3) is 5.91 Å². The highest BCUT2D eigenvalue weighted by atomic mass is 16.3. The van der Waals surface area contributed by atoms with Gasteiger partial charge in [0.2, 0.25) is 5.91 Å². The maximum absolute atomic E-state index is 12.9. The molecule has 0 radical (unpaired) electrons. The molecule has 2 heterocycles. The first kappa shape index (κ1) is 17.1. The van der Waals surface area contributed by atoms with Crippen molar-refractivity contribution in [3.8, 4) is 0 Å². The van der Waals surface area contributed by atoms with Crippen LogP contribution in [0.1, 0.15) is 27.2 Å². The number of hydrogen-bond acceptors (Lipinski definition) is 3. The molecular weight excluding hydrogens is 340 g/mol. The summed E-state index contributed by atoms with van der Waals surface area (Å²) in [7, 11) is 0. The van der Waals surface area contributed by atoms with Crippen LogP contribution in [0.3, 0.4) is 0 Å². The highest BCUT2D eigenvalue weighted by molar-refractivity contribution is 5.96. The van der Waals surface area contributed by atoms with Crippen LogP contribution in [0.15, 0.2) is 77.4 Å². The molecule has 0 aliphatic carbocycles. The molecular formula is C22H20N2O3. The minimum absolute atomic E-state index is 0.159. The zero-order valence-electron chi connectivity index (χ0n) is 14.8. The van der Waals surface area contributed by atoms with Gasteiger partial charge in [-0.2, -0.15) is 0 Å². The van der Waals surface area contributed by atoms with E-state index in [1.54, 1.807) is 17.0 Å². The van der Waals surface area contributed by atoms with E-state index in [0.29, 0.717) is 19.5 Å². The molecule has 2 aromatic carbocycles. The molecule has 0 unspecified atom stereocenters. The van der Waals surface area contributed by atoms with E-state index < -0.39 is 6.04 Å². The van der Waals surface area contributed by atoms with Gasteiger partial charge in [-0.1, -0.05) is 54.6 Å². The van der Waals surface area contributed by atoms with Crippen molar-refractivity contribution in [1.29, 1.82) is 0 Å². The van der Waals surface area contributed by atoms with Gasteiger partial charge in [-0.05, 0) is 28.8 Å². The molecule has 27 heavy (non-hydrogen) atoms. The summed E-state index contributed by atoms with van der Waals surface area (Å²) < 4.78 is 5.27. The van der Waals surface area contributed by atoms with Crippen molar-refractivity contribution in [1.82, 2.24) is 10.2 Å². The first-order valence-corrected chi connectivity index (χ1v) is 8.95. The Morgan fingerprint density at radius 2 is 1.70 bits per heavy atom. The zero-order valence-corrected chi connectivity index (χ0v) is 14.8. The normalized spacial score (nSPS) is 15.9. The van der Waals surface area contributed by atoms with Crippen LogP contribution in [0.25, 0.3) is 0 Å². The van der Waals surface area contributed by atoms with E-state index >= 15 is 0 Å². The number of fused-ring (bicyclic) bond motifs is 1. The lowest BCUT2D eigenvalue weighted by atomic mass is 9.93. The van der Waals surface area contributed by atoms with Crippen LogP contribution in [0, 0.1) is 0 Å². The summed E-state index contributed by atoms with van der Waals surface area (Å²) >= 11 is 0. The van der Waals surface area contributed by atoms with E-state index in [1.807, 2.05) is 54.6 Å². The van der Waals surface area contributed by atoms with Crippen LogP contribution in [-0.2, 0) is 24.3 Å². The number of carbonyl (C=O) groups is 2. The molecule has 5 heteroatoms. The molecule has 0 saturated carbocycles. The van der Waals surface area contributed by atoms with Crippen LogP contribution in [0.2, 0.25) is 0 Å². The molecule has 5 nitrogen and oxygen atoms in total. The Bertz CT molecular complexity index is 935. The third kappa shape index (κ3) is 3.62. The van der Waals surface area contributed by atoms with Gasteiger partial charge in [0, 0.05) is 19.5 Å². The highest BCUT2D eigenvalue weighted by Gasteiger charge is 2.35. The maximum atomic E-state index is 12.9. The lowest BCUT2D eigenvalue weighted by Crippen LogP contribution is -2.52. The molecule has 1 N–H and O–H groups in total. The number of carbonyl (C=O) groups excluding carboxylic acids is 2. The number of hydrogen-bond donors (Lipinski definition) is 1. The molecule has 1 aliphatic rings. The Morgan fingerprint density at radius 3 is 2.44 bits per heavy atom. The molecule has 3 aromatic rings. The van der Waals surface area contributed by atoms with Gasteiger partial charge < -0.3 is 14.6 Å². The molecule has 0 bridgehead atoms. The minimum Gasteiger partial charge on any atom is -0.459 e. The Labute approximate surface area is 157 Å². The maximum Gasteiger partial charge on any atom is 0.290 e. The van der Waals surface area contributed by atoms with Crippen molar-refractivity contribution < 1.29 is 14.0 Å². The molecule has 0 fully saturated rings. The Kier molecular flexibility index (Phi) is 4.75. The summed E-state index contributed by atoms with van der Waals surface area (Å²) in [5, 5.41) is 2.97. The summed E-state index contributed by atoms with van der Waals surface area (Å²) in [6.45, 7) is 0.819. The van der Waals surface area contributed by atoms with E-state index in [4.69, 9.17) is 4.42 Å². The second-order valence-electron chi connectivity index (χ2n) is 6.60. The van der Waals surface area contributed by atoms with Crippen LogP contribution >= 0.6 is 0 Å². The first-order chi connectivity index (χ1) is 13.2. The summed E-state index contributed by atoms with van der Waals surface area (Å²) in [5.41, 5.74) is 3.18. The zero-order chi connectivity index (χ0) is 18.6. The van der Waals surface area contributed by atoms with Crippen molar-refractivity contribution >= 4 is 11.8 Å². The third-order valence-corrected chi connectivity index (χ3v) is 4.85. The number of nitrogens with zero attached hydrogens (tertiary/aromatic N) is 1. The topological polar surface area (TPSA) is 62.6 Å². The molecule has 1 aromatic heterocycles. The lowest BCUT2D eigenvalue weighted by molar-refractivity contribution is -0.126. The Balaban J connectivity index is 1.57. The van der Waals surface area contributed by atoms with E-state index in [-0.39, 0.29) is 17.6 Å². The fourth-order valence-electron chi connectivity index (χ4n) is 3.42. The number of rotatable bonds is 4. The second kappa shape index (κ2) is 7.50. The van der Waals surface area contributed by atoms with Crippen molar-refractivity contribution in [3.63, 3.8) is 0 Å². The van der Waals surface area contributed by atoms with Crippen molar-refractivity contribution in [2.75, 3.05) is 0 Å². The van der Waals surface area contributed by atoms with Crippen LogP contribution in [0.4, 0.5) is 0 Å². The lowest BCUT2D eigenvalue weighted by Gasteiger charge is -2.35. The quantitative estimate of drug-likeness (QED) is 0.777. The molecule has 2 amide bonds. The van der Waals surface area contributed by atoms with Crippen molar-refractivity contribution in [2.45, 2.75) is 25.6 Å².